The molecule has 0 radical (unpaired) electrons. The van der Waals surface area contributed by atoms with Crippen LogP contribution in [0.2, 0.25) is 0 Å². The molecule has 0 spiro atoms. The van der Waals surface area contributed by atoms with Crippen LogP contribution in [-0.2, 0) is 6.54 Å². The molecule has 1 aromatic heterocycles. The van der Waals surface area contributed by atoms with E-state index in [1.54, 1.807) is 43.8 Å². The molecule has 106 valence electrons. The number of benzene rings is 1. The van der Waals surface area contributed by atoms with Crippen LogP contribution in [-0.4, -0.2) is 20.1 Å². The summed E-state index contributed by atoms with van der Waals surface area (Å²) in [5.74, 6) is 1.01. The molecule has 0 atom stereocenters. The molecule has 0 saturated carbocycles. The van der Waals surface area contributed by atoms with Crippen LogP contribution in [0.15, 0.2) is 34.1 Å². The molecule has 0 bridgehead atoms. The number of rotatable bonds is 5. The normalized spacial score (nSPS) is 10.2. The average molecular weight is 356 g/mol. The van der Waals surface area contributed by atoms with Crippen molar-refractivity contribution in [1.29, 1.82) is 0 Å². The second-order valence-electron chi connectivity index (χ2n) is 3.98. The minimum atomic E-state index is -0.164. The predicted molar refractivity (Wildman–Crippen MR) is 82.7 cm³/mol. The van der Waals surface area contributed by atoms with Gasteiger partial charge in [-0.2, -0.15) is 0 Å². The monoisotopic (exact) mass is 355 g/mol. The van der Waals surface area contributed by atoms with Crippen LogP contribution >= 0.6 is 27.3 Å². The van der Waals surface area contributed by atoms with Crippen molar-refractivity contribution in [1.82, 2.24) is 5.32 Å². The van der Waals surface area contributed by atoms with E-state index in [9.17, 15) is 4.79 Å². The molecule has 0 aliphatic heterocycles. The molecule has 6 heteroatoms. The first-order chi connectivity index (χ1) is 9.63. The molecule has 0 fully saturated rings. The van der Waals surface area contributed by atoms with Crippen molar-refractivity contribution >= 4 is 33.2 Å². The maximum Gasteiger partial charge on any atom is 0.251 e. The molecular formula is C14H14BrNO3S. The minimum absolute atomic E-state index is 0.164. The number of ether oxygens (including phenoxy) is 2. The lowest BCUT2D eigenvalue weighted by Gasteiger charge is -2.09. The van der Waals surface area contributed by atoms with E-state index in [0.29, 0.717) is 23.6 Å². The Morgan fingerprint density at radius 3 is 2.40 bits per heavy atom. The van der Waals surface area contributed by atoms with Gasteiger partial charge in [-0.3, -0.25) is 4.79 Å². The highest BCUT2D eigenvalue weighted by molar-refractivity contribution is 9.10. The van der Waals surface area contributed by atoms with Crippen molar-refractivity contribution in [2.75, 3.05) is 14.2 Å². The van der Waals surface area contributed by atoms with E-state index < -0.39 is 0 Å². The van der Waals surface area contributed by atoms with Crippen molar-refractivity contribution in [2.24, 2.45) is 0 Å². The van der Waals surface area contributed by atoms with Crippen LogP contribution in [0.25, 0.3) is 0 Å². The maximum absolute atomic E-state index is 12.2. The summed E-state index contributed by atoms with van der Waals surface area (Å²) in [5, 5.41) is 4.85. The van der Waals surface area contributed by atoms with Crippen molar-refractivity contribution in [3.05, 3.63) is 44.6 Å². The number of methoxy groups -OCH3 is 2. The Morgan fingerprint density at radius 1 is 1.25 bits per heavy atom. The van der Waals surface area contributed by atoms with Crippen LogP contribution in [0.3, 0.4) is 0 Å². The topological polar surface area (TPSA) is 47.6 Å². The third-order valence-corrected chi connectivity index (χ3v) is 4.64. The fourth-order valence-corrected chi connectivity index (χ4v) is 3.08. The number of carbonyl (C=O) groups is 1. The number of halogens is 1. The van der Waals surface area contributed by atoms with E-state index in [2.05, 4.69) is 21.2 Å². The van der Waals surface area contributed by atoms with Crippen LogP contribution < -0.4 is 14.8 Å². The summed E-state index contributed by atoms with van der Waals surface area (Å²) in [4.78, 5) is 13.2. The number of thiophene rings is 1. The summed E-state index contributed by atoms with van der Waals surface area (Å²) in [6, 6.07) is 7.05. The Labute approximate surface area is 129 Å². The van der Waals surface area contributed by atoms with Gasteiger partial charge in [0.15, 0.2) is 0 Å². The molecule has 1 heterocycles. The summed E-state index contributed by atoms with van der Waals surface area (Å²) in [6.07, 6.45) is 0. The molecular weight excluding hydrogens is 342 g/mol. The highest BCUT2D eigenvalue weighted by Gasteiger charge is 2.10. The van der Waals surface area contributed by atoms with E-state index in [1.165, 1.54) is 0 Å². The standard InChI is InChI=1S/C14H14BrNO3S/c1-18-10-5-9(6-11(7-10)19-2)14(17)16-8-13-12(15)3-4-20-13/h3-7H,8H2,1-2H3,(H,16,17). The van der Waals surface area contributed by atoms with E-state index >= 15 is 0 Å². The largest absolute Gasteiger partial charge is 0.497 e. The number of nitrogens with one attached hydrogen (secondary N) is 1. The van der Waals surface area contributed by atoms with E-state index in [0.717, 1.165) is 9.35 Å². The first-order valence-corrected chi connectivity index (χ1v) is 7.54. The number of carbonyl (C=O) groups excluding carboxylic acids is 1. The highest BCUT2D eigenvalue weighted by atomic mass is 79.9. The molecule has 0 unspecified atom stereocenters. The third kappa shape index (κ3) is 3.52. The lowest BCUT2D eigenvalue weighted by Crippen LogP contribution is -2.22. The Hall–Kier alpha value is -1.53. The van der Waals surface area contributed by atoms with E-state index in [4.69, 9.17) is 9.47 Å². The maximum atomic E-state index is 12.2. The fraction of sp³-hybridized carbons (Fsp3) is 0.214. The van der Waals surface area contributed by atoms with Crippen LogP contribution in [0.4, 0.5) is 0 Å². The zero-order chi connectivity index (χ0) is 14.5. The van der Waals surface area contributed by atoms with Gasteiger partial charge >= 0.3 is 0 Å². The molecule has 1 amide bonds. The molecule has 0 aliphatic rings. The first-order valence-electron chi connectivity index (χ1n) is 5.87. The molecule has 1 aromatic carbocycles. The lowest BCUT2D eigenvalue weighted by atomic mass is 10.2. The van der Waals surface area contributed by atoms with Gasteiger partial charge in [-0.05, 0) is 39.5 Å². The molecule has 20 heavy (non-hydrogen) atoms. The quantitative estimate of drug-likeness (QED) is 0.893. The average Bonchev–Trinajstić information content (AvgIpc) is 2.89. The second-order valence-corrected chi connectivity index (χ2v) is 5.83. The van der Waals surface area contributed by atoms with Gasteiger partial charge in [0, 0.05) is 21.0 Å². The van der Waals surface area contributed by atoms with Crippen LogP contribution in [0.1, 0.15) is 15.2 Å². The number of hydrogen-bond acceptors (Lipinski definition) is 4. The van der Waals surface area contributed by atoms with Gasteiger partial charge in [-0.25, -0.2) is 0 Å². The zero-order valence-corrected chi connectivity index (χ0v) is 13.5. The molecule has 2 rings (SSSR count). The minimum Gasteiger partial charge on any atom is -0.497 e. The molecule has 4 nitrogen and oxygen atoms in total. The summed E-state index contributed by atoms with van der Waals surface area (Å²) in [5.41, 5.74) is 0.508. The third-order valence-electron chi connectivity index (χ3n) is 2.71. The van der Waals surface area contributed by atoms with Gasteiger partial charge in [0.05, 0.1) is 20.8 Å². The number of hydrogen-bond donors (Lipinski definition) is 1. The van der Waals surface area contributed by atoms with Crippen molar-refractivity contribution < 1.29 is 14.3 Å². The lowest BCUT2D eigenvalue weighted by molar-refractivity contribution is 0.0950. The summed E-state index contributed by atoms with van der Waals surface area (Å²) >= 11 is 5.03. The SMILES string of the molecule is COc1cc(OC)cc(C(=O)NCc2sccc2Br)c1. The molecule has 0 saturated heterocycles. The highest BCUT2D eigenvalue weighted by Crippen LogP contribution is 2.24. The van der Waals surface area contributed by atoms with Crippen molar-refractivity contribution in [2.45, 2.75) is 6.54 Å². The molecule has 2 aromatic rings. The second kappa shape index (κ2) is 6.76. The fourth-order valence-electron chi connectivity index (χ4n) is 1.65. The summed E-state index contributed by atoms with van der Waals surface area (Å²) < 4.78 is 11.3. The smallest absolute Gasteiger partial charge is 0.251 e. The van der Waals surface area contributed by atoms with Gasteiger partial charge in [-0.15, -0.1) is 11.3 Å². The van der Waals surface area contributed by atoms with Crippen LogP contribution in [0, 0.1) is 0 Å². The molecule has 1 N–H and O–H groups in total. The van der Waals surface area contributed by atoms with E-state index in [-0.39, 0.29) is 5.91 Å². The summed E-state index contributed by atoms with van der Waals surface area (Å²) in [6.45, 7) is 0.483. The number of amides is 1. The first kappa shape index (κ1) is 14.9. The Bertz CT molecular complexity index is 590. The van der Waals surface area contributed by atoms with Gasteiger partial charge in [0.2, 0.25) is 0 Å². The van der Waals surface area contributed by atoms with Gasteiger partial charge in [0.1, 0.15) is 11.5 Å². The zero-order valence-electron chi connectivity index (χ0n) is 11.1. The Balaban J connectivity index is 2.10. The van der Waals surface area contributed by atoms with Gasteiger partial charge < -0.3 is 14.8 Å². The van der Waals surface area contributed by atoms with E-state index in [1.807, 2.05) is 11.4 Å². The molecule has 0 aliphatic carbocycles. The van der Waals surface area contributed by atoms with Gasteiger partial charge in [0.25, 0.3) is 5.91 Å². The van der Waals surface area contributed by atoms with Crippen molar-refractivity contribution in [3.8, 4) is 11.5 Å². The predicted octanol–water partition coefficient (Wildman–Crippen LogP) is 3.46. The summed E-state index contributed by atoms with van der Waals surface area (Å²) in [7, 11) is 3.11. The van der Waals surface area contributed by atoms with Gasteiger partial charge in [-0.1, -0.05) is 0 Å². The van der Waals surface area contributed by atoms with Crippen molar-refractivity contribution in [3.63, 3.8) is 0 Å². The van der Waals surface area contributed by atoms with Crippen LogP contribution in [0.5, 0.6) is 11.5 Å². The Morgan fingerprint density at radius 2 is 1.90 bits per heavy atom. The Kier molecular flexibility index (Phi) is 5.03.